The van der Waals surface area contributed by atoms with Gasteiger partial charge in [0.2, 0.25) is 0 Å². The van der Waals surface area contributed by atoms with Gasteiger partial charge in [0, 0.05) is 24.1 Å². The third-order valence-electron chi connectivity index (χ3n) is 3.88. The molecule has 0 aromatic heterocycles. The molecule has 0 saturated carbocycles. The fourth-order valence-electron chi connectivity index (χ4n) is 2.85. The fraction of sp³-hybridized carbons (Fsp3) is 0.294. The van der Waals surface area contributed by atoms with E-state index in [1.54, 1.807) is 6.07 Å². The number of ether oxygens (including phenoxy) is 1. The average molecular weight is 271 g/mol. The highest BCUT2D eigenvalue weighted by molar-refractivity contribution is 5.41. The highest BCUT2D eigenvalue weighted by Gasteiger charge is 2.28. The molecule has 2 N–H and O–H groups in total. The highest BCUT2D eigenvalue weighted by Crippen LogP contribution is 2.40. The third-order valence-corrected chi connectivity index (χ3v) is 3.88. The van der Waals surface area contributed by atoms with Gasteiger partial charge in [-0.2, -0.15) is 0 Å². The van der Waals surface area contributed by atoms with Crippen molar-refractivity contribution in [3.05, 3.63) is 64.5 Å². The average Bonchev–Trinajstić information content (AvgIpc) is 2.37. The van der Waals surface area contributed by atoms with Crippen molar-refractivity contribution in [3.63, 3.8) is 0 Å². The van der Waals surface area contributed by atoms with E-state index >= 15 is 0 Å². The van der Waals surface area contributed by atoms with Crippen molar-refractivity contribution in [1.82, 2.24) is 0 Å². The standard InChI is InChI=1S/C17H18FNO/c1-10-3-5-13(11(2)7-10)17-9-15(19)14-6-4-12(18)8-16(14)20-17/h3-8,15,17H,9,19H2,1-2H3. The van der Waals surface area contributed by atoms with E-state index in [0.29, 0.717) is 12.2 Å². The highest BCUT2D eigenvalue weighted by atomic mass is 19.1. The molecule has 0 aliphatic carbocycles. The summed E-state index contributed by atoms with van der Waals surface area (Å²) in [6, 6.07) is 10.7. The molecule has 2 unspecified atom stereocenters. The van der Waals surface area contributed by atoms with Gasteiger partial charge in [-0.15, -0.1) is 0 Å². The van der Waals surface area contributed by atoms with Crippen LogP contribution in [-0.4, -0.2) is 0 Å². The zero-order valence-corrected chi connectivity index (χ0v) is 11.7. The molecular weight excluding hydrogens is 253 g/mol. The Morgan fingerprint density at radius 1 is 1.10 bits per heavy atom. The summed E-state index contributed by atoms with van der Waals surface area (Å²) < 4.78 is 19.3. The molecule has 3 rings (SSSR count). The molecule has 1 aliphatic rings. The van der Waals surface area contributed by atoms with Crippen molar-refractivity contribution in [2.24, 2.45) is 5.73 Å². The van der Waals surface area contributed by atoms with E-state index in [0.717, 1.165) is 11.1 Å². The maximum absolute atomic E-state index is 13.4. The van der Waals surface area contributed by atoms with Crippen molar-refractivity contribution in [2.75, 3.05) is 0 Å². The third kappa shape index (κ3) is 2.29. The molecule has 0 radical (unpaired) electrons. The van der Waals surface area contributed by atoms with Gasteiger partial charge in [0.05, 0.1) is 0 Å². The van der Waals surface area contributed by atoms with E-state index < -0.39 is 0 Å². The Kier molecular flexibility index (Phi) is 3.22. The minimum absolute atomic E-state index is 0.111. The van der Waals surface area contributed by atoms with E-state index in [9.17, 15) is 4.39 Å². The van der Waals surface area contributed by atoms with Crippen LogP contribution in [0.1, 0.15) is 40.8 Å². The molecule has 3 heteroatoms. The quantitative estimate of drug-likeness (QED) is 0.852. The van der Waals surface area contributed by atoms with Gasteiger partial charge in [0.15, 0.2) is 0 Å². The molecule has 0 fully saturated rings. The SMILES string of the molecule is Cc1ccc(C2CC(N)c3ccc(F)cc3O2)c(C)c1. The van der Waals surface area contributed by atoms with Crippen LogP contribution in [-0.2, 0) is 0 Å². The number of nitrogens with two attached hydrogens (primary N) is 1. The van der Waals surface area contributed by atoms with Gasteiger partial charge in [-0.3, -0.25) is 0 Å². The van der Waals surface area contributed by atoms with Crippen LogP contribution in [0.2, 0.25) is 0 Å². The predicted molar refractivity (Wildman–Crippen MR) is 77.2 cm³/mol. The van der Waals surface area contributed by atoms with Crippen LogP contribution < -0.4 is 10.5 Å². The second kappa shape index (κ2) is 4.91. The summed E-state index contributed by atoms with van der Waals surface area (Å²) in [5.74, 6) is 0.269. The molecule has 2 atom stereocenters. The lowest BCUT2D eigenvalue weighted by Gasteiger charge is -2.31. The first-order chi connectivity index (χ1) is 9.54. The van der Waals surface area contributed by atoms with Gasteiger partial charge in [-0.05, 0) is 31.0 Å². The van der Waals surface area contributed by atoms with Gasteiger partial charge in [-0.25, -0.2) is 4.39 Å². The summed E-state index contributed by atoms with van der Waals surface area (Å²) >= 11 is 0. The number of aryl methyl sites for hydroxylation is 2. The number of hydrogen-bond donors (Lipinski definition) is 1. The largest absolute Gasteiger partial charge is 0.485 e. The molecule has 0 spiro atoms. The summed E-state index contributed by atoms with van der Waals surface area (Å²) in [7, 11) is 0. The first-order valence-corrected chi connectivity index (χ1v) is 6.83. The molecule has 20 heavy (non-hydrogen) atoms. The zero-order valence-electron chi connectivity index (χ0n) is 11.7. The van der Waals surface area contributed by atoms with E-state index in [2.05, 4.69) is 32.0 Å². The van der Waals surface area contributed by atoms with E-state index in [-0.39, 0.29) is 18.0 Å². The number of fused-ring (bicyclic) bond motifs is 1. The monoisotopic (exact) mass is 271 g/mol. The molecule has 0 bridgehead atoms. The van der Waals surface area contributed by atoms with Gasteiger partial charge in [0.25, 0.3) is 0 Å². The van der Waals surface area contributed by atoms with E-state index in [4.69, 9.17) is 10.5 Å². The molecule has 1 aliphatic heterocycles. The Morgan fingerprint density at radius 2 is 1.85 bits per heavy atom. The van der Waals surface area contributed by atoms with Gasteiger partial charge < -0.3 is 10.5 Å². The molecule has 2 aromatic rings. The van der Waals surface area contributed by atoms with Crippen LogP contribution in [0, 0.1) is 19.7 Å². The number of rotatable bonds is 1. The Bertz CT molecular complexity index is 653. The van der Waals surface area contributed by atoms with Crippen LogP contribution in [0.25, 0.3) is 0 Å². The first-order valence-electron chi connectivity index (χ1n) is 6.83. The normalized spacial score (nSPS) is 21.2. The summed E-state index contributed by atoms with van der Waals surface area (Å²) in [6.07, 6.45) is 0.600. The number of benzene rings is 2. The summed E-state index contributed by atoms with van der Waals surface area (Å²) in [6.45, 7) is 4.13. The number of halogens is 1. The molecule has 1 heterocycles. The van der Waals surface area contributed by atoms with Crippen LogP contribution in [0.4, 0.5) is 4.39 Å². The van der Waals surface area contributed by atoms with Crippen molar-refractivity contribution in [2.45, 2.75) is 32.4 Å². The summed E-state index contributed by atoms with van der Waals surface area (Å²) in [4.78, 5) is 0. The second-order valence-electron chi connectivity index (χ2n) is 5.49. The van der Waals surface area contributed by atoms with Crippen molar-refractivity contribution >= 4 is 0 Å². The Morgan fingerprint density at radius 3 is 2.60 bits per heavy atom. The smallest absolute Gasteiger partial charge is 0.127 e. The lowest BCUT2D eigenvalue weighted by molar-refractivity contribution is 0.160. The van der Waals surface area contributed by atoms with Crippen LogP contribution in [0.3, 0.4) is 0 Å². The van der Waals surface area contributed by atoms with E-state index in [1.807, 2.05) is 0 Å². The van der Waals surface area contributed by atoms with Gasteiger partial charge in [-0.1, -0.05) is 29.8 Å². The number of hydrogen-bond acceptors (Lipinski definition) is 2. The van der Waals surface area contributed by atoms with Crippen LogP contribution >= 0.6 is 0 Å². The van der Waals surface area contributed by atoms with Crippen LogP contribution in [0.15, 0.2) is 36.4 Å². The zero-order chi connectivity index (χ0) is 14.3. The van der Waals surface area contributed by atoms with E-state index in [1.165, 1.54) is 23.3 Å². The fourth-order valence-corrected chi connectivity index (χ4v) is 2.85. The second-order valence-corrected chi connectivity index (χ2v) is 5.49. The molecule has 0 amide bonds. The van der Waals surface area contributed by atoms with Crippen molar-refractivity contribution in [3.8, 4) is 5.75 Å². The van der Waals surface area contributed by atoms with Crippen LogP contribution in [0.5, 0.6) is 5.75 Å². The van der Waals surface area contributed by atoms with Gasteiger partial charge in [0.1, 0.15) is 17.7 Å². The lowest BCUT2D eigenvalue weighted by atomic mass is 9.91. The van der Waals surface area contributed by atoms with Crippen molar-refractivity contribution < 1.29 is 9.13 Å². The molecule has 2 aromatic carbocycles. The molecular formula is C17H18FNO. The lowest BCUT2D eigenvalue weighted by Crippen LogP contribution is -2.24. The Balaban J connectivity index is 1.98. The minimum atomic E-state index is -0.294. The Hall–Kier alpha value is -1.87. The minimum Gasteiger partial charge on any atom is -0.485 e. The summed E-state index contributed by atoms with van der Waals surface area (Å²) in [5, 5.41) is 0. The molecule has 2 nitrogen and oxygen atoms in total. The summed E-state index contributed by atoms with van der Waals surface area (Å²) in [5.41, 5.74) is 10.6. The topological polar surface area (TPSA) is 35.2 Å². The maximum atomic E-state index is 13.4. The predicted octanol–water partition coefficient (Wildman–Crippen LogP) is 3.97. The Labute approximate surface area is 118 Å². The molecule has 104 valence electrons. The first kappa shape index (κ1) is 13.1. The maximum Gasteiger partial charge on any atom is 0.127 e. The van der Waals surface area contributed by atoms with Gasteiger partial charge >= 0.3 is 0 Å². The molecule has 0 saturated heterocycles. The van der Waals surface area contributed by atoms with Crippen molar-refractivity contribution in [1.29, 1.82) is 0 Å².